The van der Waals surface area contributed by atoms with Crippen LogP contribution < -0.4 is 11.1 Å². The molecule has 88 valence electrons. The zero-order chi connectivity index (χ0) is 11.3. The third kappa shape index (κ3) is 4.65. The molecule has 0 aliphatic rings. The Balaban J connectivity index is 0.00000225. The number of benzene rings is 1. The van der Waals surface area contributed by atoms with Gasteiger partial charge in [-0.15, -0.1) is 17.5 Å². The van der Waals surface area contributed by atoms with Crippen molar-refractivity contribution in [3.8, 4) is 0 Å². The molecule has 3 N–H and O–H groups in total. The maximum absolute atomic E-state index is 11.5. The van der Waals surface area contributed by atoms with Crippen molar-refractivity contribution in [1.29, 1.82) is 0 Å². The number of halogens is 1. The highest BCUT2D eigenvalue weighted by atomic mass is 35.5. The number of nitrogens with one attached hydrogen (secondary N) is 1. The Labute approximate surface area is 101 Å². The van der Waals surface area contributed by atoms with Crippen molar-refractivity contribution in [3.05, 3.63) is 35.9 Å². The van der Waals surface area contributed by atoms with Crippen molar-refractivity contribution >= 4 is 24.3 Å². The van der Waals surface area contributed by atoms with E-state index < -0.39 is 0 Å². The Morgan fingerprint density at radius 1 is 1.31 bits per heavy atom. The van der Waals surface area contributed by atoms with Crippen molar-refractivity contribution < 1.29 is 4.79 Å². The molecule has 0 fully saturated rings. The molecular weight excluding hydrogens is 228 g/mol. The van der Waals surface area contributed by atoms with Crippen molar-refractivity contribution in [1.82, 2.24) is 10.3 Å². The minimum Gasteiger partial charge on any atom is -0.368 e. The number of hydrogen-bond donors (Lipinski definition) is 2. The highest BCUT2D eigenvalue weighted by Gasteiger charge is 2.05. The van der Waals surface area contributed by atoms with Gasteiger partial charge in [-0.05, 0) is 12.1 Å². The highest BCUT2D eigenvalue weighted by Crippen LogP contribution is 1.97. The monoisotopic (exact) mass is 242 g/mol. The van der Waals surface area contributed by atoms with Crippen molar-refractivity contribution in [2.75, 3.05) is 14.1 Å². The lowest BCUT2D eigenvalue weighted by molar-refractivity contribution is 0.0976. The van der Waals surface area contributed by atoms with E-state index in [4.69, 9.17) is 5.73 Å². The number of hydrogen-bond acceptors (Lipinski definition) is 3. The Hall–Kier alpha value is -1.75. The fourth-order valence-corrected chi connectivity index (χ4v) is 1.02. The first-order valence-corrected chi connectivity index (χ1v) is 4.47. The van der Waals surface area contributed by atoms with E-state index in [0.29, 0.717) is 5.56 Å². The smallest absolute Gasteiger partial charge is 0.257 e. The molecule has 1 amide bonds. The largest absolute Gasteiger partial charge is 0.368 e. The van der Waals surface area contributed by atoms with Crippen LogP contribution in [0.3, 0.4) is 0 Å². The van der Waals surface area contributed by atoms with E-state index >= 15 is 0 Å². The van der Waals surface area contributed by atoms with Crippen LogP contribution in [0.15, 0.2) is 35.4 Å². The van der Waals surface area contributed by atoms with Gasteiger partial charge in [-0.1, -0.05) is 18.2 Å². The van der Waals surface area contributed by atoms with Crippen LogP contribution >= 0.6 is 12.4 Å². The van der Waals surface area contributed by atoms with E-state index in [2.05, 4.69) is 10.4 Å². The van der Waals surface area contributed by atoms with Crippen LogP contribution in [0.5, 0.6) is 0 Å². The zero-order valence-corrected chi connectivity index (χ0v) is 9.99. The summed E-state index contributed by atoms with van der Waals surface area (Å²) in [7, 11) is 3.45. The molecule has 0 heterocycles. The summed E-state index contributed by atoms with van der Waals surface area (Å²) in [6.07, 6.45) is 0. The molecule has 1 rings (SSSR count). The Kier molecular flexibility index (Phi) is 5.95. The molecule has 0 spiro atoms. The second-order valence-electron chi connectivity index (χ2n) is 3.15. The quantitative estimate of drug-likeness (QED) is 0.454. The third-order valence-corrected chi connectivity index (χ3v) is 1.59. The molecule has 0 aromatic heterocycles. The summed E-state index contributed by atoms with van der Waals surface area (Å²) in [5.41, 5.74) is 6.04. The Morgan fingerprint density at radius 3 is 2.38 bits per heavy atom. The SMILES string of the molecule is CN(C)N=C(N)NC(=O)c1ccccc1.Cl. The van der Waals surface area contributed by atoms with Crippen LogP contribution in [0.25, 0.3) is 0 Å². The molecule has 5 nitrogen and oxygen atoms in total. The lowest BCUT2D eigenvalue weighted by Gasteiger charge is -2.07. The molecule has 0 atom stereocenters. The van der Waals surface area contributed by atoms with Gasteiger partial charge in [0.2, 0.25) is 5.96 Å². The van der Waals surface area contributed by atoms with E-state index in [9.17, 15) is 4.79 Å². The van der Waals surface area contributed by atoms with Crippen LogP contribution in [0.4, 0.5) is 0 Å². The second-order valence-corrected chi connectivity index (χ2v) is 3.15. The number of amides is 1. The summed E-state index contributed by atoms with van der Waals surface area (Å²) in [4.78, 5) is 11.5. The van der Waals surface area contributed by atoms with Gasteiger partial charge in [-0.25, -0.2) is 0 Å². The zero-order valence-electron chi connectivity index (χ0n) is 9.18. The Morgan fingerprint density at radius 2 is 1.88 bits per heavy atom. The molecule has 0 saturated carbocycles. The van der Waals surface area contributed by atoms with E-state index in [-0.39, 0.29) is 24.3 Å². The maximum Gasteiger partial charge on any atom is 0.257 e. The second kappa shape index (κ2) is 6.68. The van der Waals surface area contributed by atoms with E-state index in [0.717, 1.165) is 0 Å². The van der Waals surface area contributed by atoms with Gasteiger partial charge in [0, 0.05) is 19.7 Å². The van der Waals surface area contributed by atoms with Crippen molar-refractivity contribution in [2.45, 2.75) is 0 Å². The molecule has 0 saturated heterocycles. The third-order valence-electron chi connectivity index (χ3n) is 1.59. The van der Waals surface area contributed by atoms with Gasteiger partial charge in [0.25, 0.3) is 5.91 Å². The highest BCUT2D eigenvalue weighted by molar-refractivity contribution is 6.05. The number of carbonyl (C=O) groups is 1. The van der Waals surface area contributed by atoms with Gasteiger partial charge in [-0.3, -0.25) is 15.1 Å². The first kappa shape index (κ1) is 14.2. The van der Waals surface area contributed by atoms with E-state index in [1.54, 1.807) is 38.4 Å². The topological polar surface area (TPSA) is 70.7 Å². The molecule has 0 radical (unpaired) electrons. The number of rotatable bonds is 2. The van der Waals surface area contributed by atoms with E-state index in [1.807, 2.05) is 6.07 Å². The van der Waals surface area contributed by atoms with Gasteiger partial charge < -0.3 is 5.73 Å². The van der Waals surface area contributed by atoms with Gasteiger partial charge in [0.15, 0.2) is 0 Å². The molecule has 0 aliphatic heterocycles. The molecule has 0 aliphatic carbocycles. The molecule has 0 unspecified atom stereocenters. The molecule has 16 heavy (non-hydrogen) atoms. The summed E-state index contributed by atoms with van der Waals surface area (Å²) in [6, 6.07) is 8.83. The Bertz CT molecular complexity index is 364. The summed E-state index contributed by atoms with van der Waals surface area (Å²) >= 11 is 0. The average Bonchev–Trinajstić information content (AvgIpc) is 2.17. The van der Waals surface area contributed by atoms with Gasteiger partial charge in [-0.2, -0.15) is 0 Å². The van der Waals surface area contributed by atoms with Crippen LogP contribution in [-0.4, -0.2) is 31.0 Å². The van der Waals surface area contributed by atoms with Gasteiger partial charge in [0.05, 0.1) is 0 Å². The molecule has 1 aromatic carbocycles. The standard InChI is InChI=1S/C10H14N4O.ClH/c1-14(2)13-10(11)12-9(15)8-6-4-3-5-7-8;/h3-7H,1-2H3,(H3,11,12,13,15);1H. The minimum absolute atomic E-state index is 0. The minimum atomic E-state index is -0.265. The molecular formula is C10H15ClN4O. The fourth-order valence-electron chi connectivity index (χ4n) is 1.02. The van der Waals surface area contributed by atoms with Crippen molar-refractivity contribution in [2.24, 2.45) is 10.8 Å². The summed E-state index contributed by atoms with van der Waals surface area (Å²) < 4.78 is 0. The lowest BCUT2D eigenvalue weighted by Crippen LogP contribution is -2.38. The maximum atomic E-state index is 11.5. The van der Waals surface area contributed by atoms with Crippen LogP contribution in [0, 0.1) is 0 Å². The average molecular weight is 243 g/mol. The summed E-state index contributed by atoms with van der Waals surface area (Å²) in [5, 5.41) is 7.83. The number of guanidine groups is 1. The lowest BCUT2D eigenvalue weighted by atomic mass is 10.2. The van der Waals surface area contributed by atoms with Crippen LogP contribution in [0.1, 0.15) is 10.4 Å². The van der Waals surface area contributed by atoms with Crippen LogP contribution in [0.2, 0.25) is 0 Å². The first-order valence-electron chi connectivity index (χ1n) is 4.47. The fraction of sp³-hybridized carbons (Fsp3) is 0.200. The first-order chi connectivity index (χ1) is 7.09. The van der Waals surface area contributed by atoms with Gasteiger partial charge in [0.1, 0.15) is 0 Å². The predicted molar refractivity (Wildman–Crippen MR) is 66.5 cm³/mol. The van der Waals surface area contributed by atoms with Gasteiger partial charge >= 0.3 is 0 Å². The predicted octanol–water partition coefficient (Wildman–Crippen LogP) is 0.629. The van der Waals surface area contributed by atoms with Crippen LogP contribution in [-0.2, 0) is 0 Å². The summed E-state index contributed by atoms with van der Waals surface area (Å²) in [6.45, 7) is 0. The normalized spacial score (nSPS) is 10.2. The molecule has 1 aromatic rings. The number of hydrazone groups is 1. The molecule has 0 bridgehead atoms. The number of nitrogens with two attached hydrogens (primary N) is 1. The van der Waals surface area contributed by atoms with E-state index in [1.165, 1.54) is 5.01 Å². The van der Waals surface area contributed by atoms with Crippen molar-refractivity contribution in [3.63, 3.8) is 0 Å². The molecule has 6 heteroatoms. The number of nitrogens with zero attached hydrogens (tertiary/aromatic N) is 2. The summed E-state index contributed by atoms with van der Waals surface area (Å²) in [5.74, 6) is -0.187. The number of carbonyl (C=O) groups excluding carboxylic acids is 1.